The molecule has 0 bridgehead atoms. The average molecular weight is 477 g/mol. The van der Waals surface area contributed by atoms with Gasteiger partial charge in [0.15, 0.2) is 5.78 Å². The maximum absolute atomic E-state index is 13.8. The Kier molecular flexibility index (Phi) is 7.96. The summed E-state index contributed by atoms with van der Waals surface area (Å²) >= 11 is 0. The standard InChI is InChI=1S/C29H36N2O4/c1-8-17-35-22-13-14-23(19(2)18-22)26(32)24-25(20-9-11-21(12-10-20)29(3,4)5)31(16-15-30(6)7)28(34)27(24)33/h8-14,18,24-25H,1,15-17H2,2-7H3. The Bertz CT molecular complexity index is 1110. The highest BCUT2D eigenvalue weighted by Crippen LogP contribution is 2.39. The summed E-state index contributed by atoms with van der Waals surface area (Å²) in [6, 6.07) is 12.4. The van der Waals surface area contributed by atoms with Crippen molar-refractivity contribution in [2.24, 2.45) is 5.92 Å². The van der Waals surface area contributed by atoms with Gasteiger partial charge in [0, 0.05) is 18.7 Å². The lowest BCUT2D eigenvalue weighted by Gasteiger charge is -2.29. The van der Waals surface area contributed by atoms with Crippen LogP contribution in [-0.4, -0.2) is 61.1 Å². The van der Waals surface area contributed by atoms with E-state index in [-0.39, 0.29) is 11.2 Å². The van der Waals surface area contributed by atoms with E-state index in [1.165, 1.54) is 0 Å². The smallest absolute Gasteiger partial charge is 0.291 e. The molecule has 1 heterocycles. The van der Waals surface area contributed by atoms with Gasteiger partial charge in [-0.05, 0) is 61.3 Å². The van der Waals surface area contributed by atoms with Gasteiger partial charge in [0.2, 0.25) is 5.78 Å². The summed E-state index contributed by atoms with van der Waals surface area (Å²) in [4.78, 5) is 43.6. The van der Waals surface area contributed by atoms with E-state index in [4.69, 9.17) is 4.74 Å². The molecule has 35 heavy (non-hydrogen) atoms. The SMILES string of the molecule is C=CCOc1ccc(C(=O)C2C(=O)C(=O)N(CCN(C)C)C2c2ccc(C(C)(C)C)cc2)c(C)c1. The van der Waals surface area contributed by atoms with Gasteiger partial charge in [-0.1, -0.05) is 57.7 Å². The molecule has 2 aromatic carbocycles. The first-order valence-electron chi connectivity index (χ1n) is 11.9. The second-order valence-corrected chi connectivity index (χ2v) is 10.4. The molecule has 2 aromatic rings. The predicted molar refractivity (Wildman–Crippen MR) is 138 cm³/mol. The first-order valence-corrected chi connectivity index (χ1v) is 11.9. The fraction of sp³-hybridized carbons (Fsp3) is 0.414. The maximum Gasteiger partial charge on any atom is 0.291 e. The summed E-state index contributed by atoms with van der Waals surface area (Å²) < 4.78 is 5.57. The Labute approximate surface area is 208 Å². The third kappa shape index (κ3) is 5.70. The monoisotopic (exact) mass is 476 g/mol. The maximum atomic E-state index is 13.8. The predicted octanol–water partition coefficient (Wildman–Crippen LogP) is 4.37. The van der Waals surface area contributed by atoms with Crippen LogP contribution in [0.1, 0.15) is 53.9 Å². The van der Waals surface area contributed by atoms with E-state index in [2.05, 4.69) is 27.4 Å². The molecule has 1 fully saturated rings. The lowest BCUT2D eigenvalue weighted by molar-refractivity contribution is -0.140. The Hall–Kier alpha value is -3.25. The van der Waals surface area contributed by atoms with Crippen LogP contribution in [0.5, 0.6) is 5.75 Å². The van der Waals surface area contributed by atoms with Crippen molar-refractivity contribution in [3.05, 3.63) is 77.4 Å². The van der Waals surface area contributed by atoms with Gasteiger partial charge in [-0.25, -0.2) is 0 Å². The zero-order valence-electron chi connectivity index (χ0n) is 21.6. The fourth-order valence-corrected chi connectivity index (χ4v) is 4.41. The van der Waals surface area contributed by atoms with E-state index in [1.54, 1.807) is 29.2 Å². The van der Waals surface area contributed by atoms with E-state index < -0.39 is 23.7 Å². The van der Waals surface area contributed by atoms with Crippen molar-refractivity contribution < 1.29 is 19.1 Å². The van der Waals surface area contributed by atoms with E-state index in [0.29, 0.717) is 36.6 Å². The Morgan fingerprint density at radius 3 is 2.31 bits per heavy atom. The zero-order valence-corrected chi connectivity index (χ0v) is 21.6. The fourth-order valence-electron chi connectivity index (χ4n) is 4.41. The van der Waals surface area contributed by atoms with Crippen LogP contribution >= 0.6 is 0 Å². The van der Waals surface area contributed by atoms with Crippen LogP contribution in [0, 0.1) is 12.8 Å². The highest BCUT2D eigenvalue weighted by molar-refractivity contribution is 6.44. The highest BCUT2D eigenvalue weighted by atomic mass is 16.5. The number of ketones is 2. The van der Waals surface area contributed by atoms with Crippen LogP contribution in [0.2, 0.25) is 0 Å². The van der Waals surface area contributed by atoms with Gasteiger partial charge in [-0.15, -0.1) is 0 Å². The van der Waals surface area contributed by atoms with Gasteiger partial charge in [0.1, 0.15) is 18.3 Å². The number of rotatable bonds is 9. The van der Waals surface area contributed by atoms with Crippen molar-refractivity contribution in [1.29, 1.82) is 0 Å². The number of likely N-dealkylation sites (N-methyl/N-ethyl adjacent to an activating group) is 1. The molecule has 0 saturated carbocycles. The van der Waals surface area contributed by atoms with Gasteiger partial charge in [-0.2, -0.15) is 0 Å². The molecule has 0 N–H and O–H groups in total. The summed E-state index contributed by atoms with van der Waals surface area (Å²) in [5, 5.41) is 0. The topological polar surface area (TPSA) is 66.9 Å². The molecule has 2 unspecified atom stereocenters. The van der Waals surface area contributed by atoms with Crippen LogP contribution in [0.3, 0.4) is 0 Å². The number of carbonyl (C=O) groups excluding carboxylic acids is 3. The number of aryl methyl sites for hydroxylation is 1. The van der Waals surface area contributed by atoms with Crippen LogP contribution in [0.4, 0.5) is 0 Å². The number of amides is 1. The molecule has 0 aromatic heterocycles. The van der Waals surface area contributed by atoms with Crippen LogP contribution in [-0.2, 0) is 15.0 Å². The van der Waals surface area contributed by atoms with Gasteiger partial charge in [0.05, 0.1) is 6.04 Å². The van der Waals surface area contributed by atoms with Gasteiger partial charge >= 0.3 is 0 Å². The molecule has 0 radical (unpaired) electrons. The summed E-state index contributed by atoms with van der Waals surface area (Å²) in [5.41, 5.74) is 3.02. The second-order valence-electron chi connectivity index (χ2n) is 10.4. The Morgan fingerprint density at radius 2 is 1.77 bits per heavy atom. The number of hydrogen-bond donors (Lipinski definition) is 0. The lowest BCUT2D eigenvalue weighted by Crippen LogP contribution is -2.36. The molecule has 1 aliphatic heterocycles. The molecule has 2 atom stereocenters. The molecular weight excluding hydrogens is 440 g/mol. The quantitative estimate of drug-likeness (QED) is 0.233. The number of benzene rings is 2. The van der Waals surface area contributed by atoms with Crippen LogP contribution < -0.4 is 4.74 Å². The van der Waals surface area contributed by atoms with Gasteiger partial charge < -0.3 is 14.5 Å². The van der Waals surface area contributed by atoms with Crippen molar-refractivity contribution in [3.63, 3.8) is 0 Å². The third-order valence-electron chi connectivity index (χ3n) is 6.43. The van der Waals surface area contributed by atoms with Crippen molar-refractivity contribution in [3.8, 4) is 5.75 Å². The number of ether oxygens (including phenoxy) is 1. The second kappa shape index (κ2) is 10.6. The number of likely N-dealkylation sites (tertiary alicyclic amines) is 1. The first kappa shape index (κ1) is 26.4. The minimum absolute atomic E-state index is 0.0355. The molecule has 1 amide bonds. The van der Waals surface area contributed by atoms with Gasteiger partial charge in [-0.3, -0.25) is 14.4 Å². The summed E-state index contributed by atoms with van der Waals surface area (Å²) in [6.45, 7) is 13.2. The third-order valence-corrected chi connectivity index (χ3v) is 6.43. The number of Topliss-reactive ketones (excluding diaryl/α,β-unsaturated/α-hetero) is 2. The summed E-state index contributed by atoms with van der Waals surface area (Å²) in [5.74, 6) is -2.06. The molecule has 0 spiro atoms. The van der Waals surface area contributed by atoms with Crippen molar-refractivity contribution in [1.82, 2.24) is 9.80 Å². The van der Waals surface area contributed by atoms with Crippen LogP contribution in [0.25, 0.3) is 0 Å². The van der Waals surface area contributed by atoms with E-state index >= 15 is 0 Å². The molecule has 6 heteroatoms. The van der Waals surface area contributed by atoms with Crippen LogP contribution in [0.15, 0.2) is 55.1 Å². The molecule has 1 saturated heterocycles. The molecule has 0 aliphatic carbocycles. The number of nitrogens with zero attached hydrogens (tertiary/aromatic N) is 2. The highest BCUT2D eigenvalue weighted by Gasteiger charge is 2.51. The molecule has 186 valence electrons. The summed E-state index contributed by atoms with van der Waals surface area (Å²) in [6.07, 6.45) is 1.65. The van der Waals surface area contributed by atoms with E-state index in [1.807, 2.05) is 50.2 Å². The van der Waals surface area contributed by atoms with Crippen molar-refractivity contribution in [2.75, 3.05) is 33.8 Å². The van der Waals surface area contributed by atoms with Crippen molar-refractivity contribution in [2.45, 2.75) is 39.2 Å². The van der Waals surface area contributed by atoms with E-state index in [0.717, 1.165) is 11.1 Å². The number of hydrogen-bond acceptors (Lipinski definition) is 5. The lowest BCUT2D eigenvalue weighted by atomic mass is 9.82. The summed E-state index contributed by atoms with van der Waals surface area (Å²) in [7, 11) is 3.83. The molecule has 3 rings (SSSR count). The Balaban J connectivity index is 2.03. The Morgan fingerprint density at radius 1 is 1.11 bits per heavy atom. The average Bonchev–Trinajstić information content (AvgIpc) is 3.05. The first-order chi connectivity index (χ1) is 16.5. The molecule has 6 nitrogen and oxygen atoms in total. The van der Waals surface area contributed by atoms with E-state index in [9.17, 15) is 14.4 Å². The largest absolute Gasteiger partial charge is 0.490 e. The zero-order chi connectivity index (χ0) is 25.9. The minimum atomic E-state index is -1.09. The molecular formula is C29H36N2O4. The molecule has 1 aliphatic rings. The number of carbonyl (C=O) groups is 3. The normalized spacial score (nSPS) is 18.3. The minimum Gasteiger partial charge on any atom is -0.490 e. The van der Waals surface area contributed by atoms with Crippen molar-refractivity contribution >= 4 is 17.5 Å². The van der Waals surface area contributed by atoms with Gasteiger partial charge in [0.25, 0.3) is 5.91 Å².